The number of nitrogens with one attached hydrogen (secondary N) is 1. The van der Waals surface area contributed by atoms with Crippen LogP contribution in [-0.2, 0) is 4.79 Å². The average Bonchev–Trinajstić information content (AvgIpc) is 2.94. The second kappa shape index (κ2) is 7.58. The SMILES string of the molecule is COc1ccc(-n2nnc(C(=O)NC(C)CCC(=O)O)c2C)cc1. The molecular weight excluding hydrogens is 312 g/mol. The van der Waals surface area contributed by atoms with E-state index in [-0.39, 0.29) is 24.1 Å². The van der Waals surface area contributed by atoms with Crippen molar-refractivity contribution in [2.45, 2.75) is 32.7 Å². The minimum atomic E-state index is -0.891. The minimum Gasteiger partial charge on any atom is -0.497 e. The van der Waals surface area contributed by atoms with Gasteiger partial charge in [0, 0.05) is 12.5 Å². The fourth-order valence-corrected chi connectivity index (χ4v) is 2.21. The number of ether oxygens (including phenoxy) is 1. The lowest BCUT2D eigenvalue weighted by Crippen LogP contribution is -2.33. The van der Waals surface area contributed by atoms with Gasteiger partial charge in [-0.05, 0) is 44.5 Å². The maximum absolute atomic E-state index is 12.3. The molecule has 0 saturated heterocycles. The van der Waals surface area contributed by atoms with Crippen LogP contribution in [0.1, 0.15) is 35.9 Å². The number of nitrogens with zero attached hydrogens (tertiary/aromatic N) is 3. The number of amides is 1. The van der Waals surface area contributed by atoms with Gasteiger partial charge in [0.1, 0.15) is 5.75 Å². The zero-order chi connectivity index (χ0) is 17.7. The Morgan fingerprint density at radius 3 is 2.58 bits per heavy atom. The fourth-order valence-electron chi connectivity index (χ4n) is 2.21. The van der Waals surface area contributed by atoms with Gasteiger partial charge < -0.3 is 15.2 Å². The molecule has 1 unspecified atom stereocenters. The third-order valence-electron chi connectivity index (χ3n) is 3.60. The smallest absolute Gasteiger partial charge is 0.303 e. The normalized spacial score (nSPS) is 11.8. The van der Waals surface area contributed by atoms with E-state index in [9.17, 15) is 9.59 Å². The molecule has 1 heterocycles. The summed E-state index contributed by atoms with van der Waals surface area (Å²) < 4.78 is 6.68. The highest BCUT2D eigenvalue weighted by Gasteiger charge is 2.19. The van der Waals surface area contributed by atoms with E-state index in [0.29, 0.717) is 12.1 Å². The zero-order valence-electron chi connectivity index (χ0n) is 13.8. The largest absolute Gasteiger partial charge is 0.497 e. The third-order valence-corrected chi connectivity index (χ3v) is 3.60. The molecule has 2 rings (SSSR count). The van der Waals surface area contributed by atoms with Crippen molar-refractivity contribution >= 4 is 11.9 Å². The monoisotopic (exact) mass is 332 g/mol. The molecule has 1 aromatic carbocycles. The molecule has 0 saturated carbocycles. The van der Waals surface area contributed by atoms with E-state index in [2.05, 4.69) is 15.6 Å². The number of carboxylic acid groups (broad SMARTS) is 1. The van der Waals surface area contributed by atoms with Crippen LogP contribution < -0.4 is 10.1 Å². The maximum atomic E-state index is 12.3. The summed E-state index contributed by atoms with van der Waals surface area (Å²) in [5.41, 5.74) is 1.58. The number of carbonyl (C=O) groups is 2. The standard InChI is InChI=1S/C16H20N4O4/c1-10(4-9-14(21)22)17-16(23)15-11(2)20(19-18-15)12-5-7-13(24-3)8-6-12/h5-8,10H,4,9H2,1-3H3,(H,17,23)(H,21,22). The van der Waals surface area contributed by atoms with Crippen molar-refractivity contribution in [3.63, 3.8) is 0 Å². The van der Waals surface area contributed by atoms with Crippen LogP contribution in [0.15, 0.2) is 24.3 Å². The maximum Gasteiger partial charge on any atom is 0.303 e. The van der Waals surface area contributed by atoms with Gasteiger partial charge in [0.05, 0.1) is 18.5 Å². The summed E-state index contributed by atoms with van der Waals surface area (Å²) in [7, 11) is 1.59. The molecule has 0 aliphatic carbocycles. The summed E-state index contributed by atoms with van der Waals surface area (Å²) in [6.45, 7) is 3.51. The number of methoxy groups -OCH3 is 1. The van der Waals surface area contributed by atoms with Crippen molar-refractivity contribution in [3.05, 3.63) is 35.7 Å². The highest BCUT2D eigenvalue weighted by Crippen LogP contribution is 2.16. The number of carbonyl (C=O) groups excluding carboxylic acids is 1. The van der Waals surface area contributed by atoms with E-state index in [1.54, 1.807) is 37.8 Å². The third kappa shape index (κ3) is 4.09. The molecule has 1 amide bonds. The van der Waals surface area contributed by atoms with Gasteiger partial charge in [-0.25, -0.2) is 4.68 Å². The average molecular weight is 332 g/mol. The topological polar surface area (TPSA) is 106 Å². The van der Waals surface area contributed by atoms with Crippen LogP contribution in [0.25, 0.3) is 5.69 Å². The molecule has 2 aromatic rings. The number of hydrogen-bond acceptors (Lipinski definition) is 5. The quantitative estimate of drug-likeness (QED) is 0.797. The first-order valence-electron chi connectivity index (χ1n) is 7.51. The van der Waals surface area contributed by atoms with E-state index >= 15 is 0 Å². The van der Waals surface area contributed by atoms with Gasteiger partial charge in [-0.3, -0.25) is 9.59 Å². The minimum absolute atomic E-state index is 0.00102. The fraction of sp³-hybridized carbons (Fsp3) is 0.375. The van der Waals surface area contributed by atoms with Crippen molar-refractivity contribution in [3.8, 4) is 11.4 Å². The summed E-state index contributed by atoms with van der Waals surface area (Å²) in [5, 5.41) is 19.4. The molecule has 24 heavy (non-hydrogen) atoms. The lowest BCUT2D eigenvalue weighted by atomic mass is 10.2. The molecule has 2 N–H and O–H groups in total. The van der Waals surface area contributed by atoms with Gasteiger partial charge >= 0.3 is 5.97 Å². The van der Waals surface area contributed by atoms with Crippen LogP contribution in [0, 0.1) is 6.92 Å². The Hall–Kier alpha value is -2.90. The van der Waals surface area contributed by atoms with Crippen LogP contribution in [0.5, 0.6) is 5.75 Å². The van der Waals surface area contributed by atoms with E-state index in [4.69, 9.17) is 9.84 Å². The molecule has 0 aliphatic rings. The number of aromatic nitrogens is 3. The van der Waals surface area contributed by atoms with Gasteiger partial charge in [-0.2, -0.15) is 0 Å². The van der Waals surface area contributed by atoms with Gasteiger partial charge in [0.2, 0.25) is 0 Å². The first-order valence-corrected chi connectivity index (χ1v) is 7.51. The summed E-state index contributed by atoms with van der Waals surface area (Å²) in [6, 6.07) is 6.96. The number of aliphatic carboxylic acids is 1. The number of benzene rings is 1. The van der Waals surface area contributed by atoms with E-state index in [1.807, 2.05) is 12.1 Å². The second-order valence-corrected chi connectivity index (χ2v) is 5.44. The highest BCUT2D eigenvalue weighted by molar-refractivity contribution is 5.93. The van der Waals surface area contributed by atoms with E-state index in [0.717, 1.165) is 11.4 Å². The summed E-state index contributed by atoms with van der Waals surface area (Å²) in [6.07, 6.45) is 0.353. The number of hydrogen-bond donors (Lipinski definition) is 2. The first kappa shape index (κ1) is 17.5. The molecule has 8 nitrogen and oxygen atoms in total. The first-order chi connectivity index (χ1) is 11.4. The molecule has 128 valence electrons. The molecule has 8 heteroatoms. The van der Waals surface area contributed by atoms with Crippen molar-refractivity contribution in [2.75, 3.05) is 7.11 Å². The van der Waals surface area contributed by atoms with Crippen molar-refractivity contribution < 1.29 is 19.4 Å². The Morgan fingerprint density at radius 2 is 2.00 bits per heavy atom. The van der Waals surface area contributed by atoms with Crippen LogP contribution in [0.3, 0.4) is 0 Å². The van der Waals surface area contributed by atoms with Gasteiger partial charge in [-0.1, -0.05) is 5.21 Å². The predicted molar refractivity (Wildman–Crippen MR) is 86.4 cm³/mol. The zero-order valence-corrected chi connectivity index (χ0v) is 13.8. The highest BCUT2D eigenvalue weighted by atomic mass is 16.5. The van der Waals surface area contributed by atoms with E-state index < -0.39 is 5.97 Å². The second-order valence-electron chi connectivity index (χ2n) is 5.44. The van der Waals surface area contributed by atoms with Gasteiger partial charge in [0.15, 0.2) is 5.69 Å². The van der Waals surface area contributed by atoms with Crippen molar-refractivity contribution in [1.82, 2.24) is 20.3 Å². The Bertz CT molecular complexity index is 724. The summed E-state index contributed by atoms with van der Waals surface area (Å²) in [4.78, 5) is 22.8. The Morgan fingerprint density at radius 1 is 1.33 bits per heavy atom. The summed E-state index contributed by atoms with van der Waals surface area (Å²) in [5.74, 6) is -0.537. The van der Waals surface area contributed by atoms with Crippen LogP contribution >= 0.6 is 0 Å². The summed E-state index contributed by atoms with van der Waals surface area (Å²) >= 11 is 0. The lowest BCUT2D eigenvalue weighted by Gasteiger charge is -2.11. The van der Waals surface area contributed by atoms with Crippen molar-refractivity contribution in [2.24, 2.45) is 0 Å². The molecule has 1 aromatic heterocycles. The number of rotatable bonds is 7. The number of carboxylic acids is 1. The van der Waals surface area contributed by atoms with Gasteiger partial charge in [0.25, 0.3) is 5.91 Å². The Labute approximate surface area is 139 Å². The Kier molecular flexibility index (Phi) is 5.51. The predicted octanol–water partition coefficient (Wildman–Crippen LogP) is 1.57. The molecule has 0 fully saturated rings. The van der Waals surface area contributed by atoms with Crippen LogP contribution in [-0.4, -0.2) is 45.1 Å². The molecule has 0 radical (unpaired) electrons. The molecule has 1 atom stereocenters. The Balaban J connectivity index is 2.10. The molecular formula is C16H20N4O4. The molecule has 0 spiro atoms. The van der Waals surface area contributed by atoms with Crippen molar-refractivity contribution in [1.29, 1.82) is 0 Å². The van der Waals surface area contributed by atoms with E-state index in [1.165, 1.54) is 0 Å². The van der Waals surface area contributed by atoms with Crippen LogP contribution in [0.4, 0.5) is 0 Å². The molecule has 0 aliphatic heterocycles. The van der Waals surface area contributed by atoms with Crippen LogP contribution in [0.2, 0.25) is 0 Å². The molecule has 0 bridgehead atoms. The lowest BCUT2D eigenvalue weighted by molar-refractivity contribution is -0.137. The van der Waals surface area contributed by atoms with Gasteiger partial charge in [-0.15, -0.1) is 5.10 Å².